The highest BCUT2D eigenvalue weighted by atomic mass is 79.9. The number of hydrogen-bond acceptors (Lipinski definition) is 4. The summed E-state index contributed by atoms with van der Waals surface area (Å²) in [5, 5.41) is 0. The Hall–Kier alpha value is -1.66. The lowest BCUT2D eigenvalue weighted by Gasteiger charge is -2.16. The van der Waals surface area contributed by atoms with Crippen LogP contribution < -0.4 is 18.9 Å². The van der Waals surface area contributed by atoms with Crippen molar-refractivity contribution in [3.8, 4) is 23.0 Å². The third-order valence-corrected chi connectivity index (χ3v) is 15.8. The highest BCUT2D eigenvalue weighted by molar-refractivity contribution is 9.11. The van der Waals surface area contributed by atoms with Crippen LogP contribution in [-0.2, 0) is 0 Å². The van der Waals surface area contributed by atoms with Crippen LogP contribution in [0.3, 0.4) is 0 Å². The summed E-state index contributed by atoms with van der Waals surface area (Å²) in [5.41, 5.74) is 2.04. The van der Waals surface area contributed by atoms with Crippen LogP contribution in [0, 0.1) is 0 Å². The zero-order valence-electron chi connectivity index (χ0n) is 47.8. The summed E-state index contributed by atoms with van der Waals surface area (Å²) in [4.78, 5) is 0. The van der Waals surface area contributed by atoms with Crippen LogP contribution in [-0.4, -0.2) is 26.4 Å². The Morgan fingerprint density at radius 3 is 0.639 bits per heavy atom. The molecule has 0 atom stereocenters. The van der Waals surface area contributed by atoms with E-state index in [0.717, 1.165) is 82.0 Å². The molecule has 6 heteroatoms. The lowest BCUT2D eigenvalue weighted by Crippen LogP contribution is -2.02. The molecule has 0 heterocycles. The molecule has 2 aromatic rings. The van der Waals surface area contributed by atoms with Crippen molar-refractivity contribution in [3.63, 3.8) is 0 Å². The number of halogens is 2. The van der Waals surface area contributed by atoms with E-state index in [1.165, 1.54) is 257 Å². The molecule has 0 aliphatic heterocycles. The summed E-state index contributed by atoms with van der Waals surface area (Å²) in [5.74, 6) is 3.52. The summed E-state index contributed by atoms with van der Waals surface area (Å²) in [6.07, 6.45) is 63.0. The Kier molecular flexibility index (Phi) is 46.3. The molecule has 4 nitrogen and oxygen atoms in total. The minimum atomic E-state index is 0.709. The van der Waals surface area contributed by atoms with Crippen molar-refractivity contribution in [2.24, 2.45) is 0 Å². The van der Waals surface area contributed by atoms with Gasteiger partial charge in [0.15, 0.2) is 0 Å². The number of benzene rings is 2. The second-order valence-corrected chi connectivity index (χ2v) is 23.2. The van der Waals surface area contributed by atoms with Gasteiger partial charge in [0.05, 0.1) is 35.4 Å². The van der Waals surface area contributed by atoms with Crippen LogP contribution in [0.4, 0.5) is 0 Å². The predicted octanol–water partition coefficient (Wildman–Crippen LogP) is 24.1. The van der Waals surface area contributed by atoms with Crippen LogP contribution in [0.2, 0.25) is 0 Å². The summed E-state index contributed by atoms with van der Waals surface area (Å²) >= 11 is 7.72. The van der Waals surface area contributed by atoms with Crippen molar-refractivity contribution in [2.45, 2.75) is 310 Å². The molecular formula is C66H114Br2O4. The Balaban J connectivity index is 2.01. The van der Waals surface area contributed by atoms with E-state index < -0.39 is 0 Å². The van der Waals surface area contributed by atoms with Gasteiger partial charge in [-0.05, 0) is 81.8 Å². The predicted molar refractivity (Wildman–Crippen MR) is 325 cm³/mol. The zero-order valence-corrected chi connectivity index (χ0v) is 51.0. The fraction of sp³-hybridized carbons (Fsp3) is 0.788. The molecule has 0 aliphatic rings. The van der Waals surface area contributed by atoms with E-state index in [2.05, 4.69) is 96.0 Å². The van der Waals surface area contributed by atoms with Gasteiger partial charge in [0.1, 0.15) is 23.0 Å². The maximum absolute atomic E-state index is 6.61. The van der Waals surface area contributed by atoms with E-state index in [-0.39, 0.29) is 0 Å². The summed E-state index contributed by atoms with van der Waals surface area (Å²) in [7, 11) is 0. The van der Waals surface area contributed by atoms with E-state index in [9.17, 15) is 0 Å². The van der Waals surface area contributed by atoms with Crippen molar-refractivity contribution < 1.29 is 18.9 Å². The Bertz CT molecular complexity index is 1530. The third kappa shape index (κ3) is 37.1. The van der Waals surface area contributed by atoms with Crippen molar-refractivity contribution in [1.82, 2.24) is 0 Å². The maximum atomic E-state index is 6.61. The van der Waals surface area contributed by atoms with Gasteiger partial charge in [-0.3, -0.25) is 0 Å². The first kappa shape index (κ1) is 66.5. The van der Waals surface area contributed by atoms with Crippen molar-refractivity contribution in [2.75, 3.05) is 26.4 Å². The lowest BCUT2D eigenvalue weighted by molar-refractivity contribution is 0.294. The molecule has 0 spiro atoms. The van der Waals surface area contributed by atoms with Crippen LogP contribution in [0.25, 0.3) is 12.2 Å². The maximum Gasteiger partial charge on any atom is 0.134 e. The first-order valence-corrected chi connectivity index (χ1v) is 33.0. The highest BCUT2D eigenvalue weighted by Crippen LogP contribution is 2.38. The molecule has 0 saturated heterocycles. The molecule has 2 rings (SSSR count). The smallest absolute Gasteiger partial charge is 0.134 e. The fourth-order valence-electron chi connectivity index (χ4n) is 9.81. The minimum Gasteiger partial charge on any atom is -0.493 e. The number of hydrogen-bond donors (Lipinski definition) is 0. The van der Waals surface area contributed by atoms with E-state index in [1.54, 1.807) is 0 Å². The molecule has 72 heavy (non-hydrogen) atoms. The van der Waals surface area contributed by atoms with Gasteiger partial charge >= 0.3 is 0 Å². The second-order valence-electron chi connectivity index (χ2n) is 21.5. The Morgan fingerprint density at radius 1 is 0.250 bits per heavy atom. The van der Waals surface area contributed by atoms with Gasteiger partial charge in [0.25, 0.3) is 0 Å². The molecular weight excluding hydrogens is 1020 g/mol. The molecule has 0 aromatic heterocycles. The Morgan fingerprint density at radius 2 is 0.431 bits per heavy atom. The quantitative estimate of drug-likeness (QED) is 0.0489. The van der Waals surface area contributed by atoms with Gasteiger partial charge in [-0.15, -0.1) is 0 Å². The molecule has 0 radical (unpaired) electrons. The molecule has 0 aliphatic carbocycles. The van der Waals surface area contributed by atoms with Crippen LogP contribution in [0.5, 0.6) is 23.0 Å². The number of ether oxygens (including phenoxy) is 4. The van der Waals surface area contributed by atoms with E-state index in [1.807, 2.05) is 0 Å². The number of unbranched alkanes of at least 4 members (excludes halogenated alkanes) is 40. The highest BCUT2D eigenvalue weighted by Gasteiger charge is 2.13. The van der Waals surface area contributed by atoms with Gasteiger partial charge in [0, 0.05) is 11.1 Å². The largest absolute Gasteiger partial charge is 0.493 e. The summed E-state index contributed by atoms with van der Waals surface area (Å²) < 4.78 is 28.0. The molecule has 0 unspecified atom stereocenters. The molecule has 0 bridgehead atoms. The monoisotopic (exact) mass is 1130 g/mol. The fourth-order valence-corrected chi connectivity index (χ4v) is 10.7. The van der Waals surface area contributed by atoms with Gasteiger partial charge in [-0.2, -0.15) is 0 Å². The zero-order chi connectivity index (χ0) is 51.6. The molecule has 416 valence electrons. The molecule has 0 fully saturated rings. The SMILES string of the molecule is CCCCCCCCCCCCCCCCCCOc1cc(/C=C/c2cc(OCCCCCCCC)c(Br)cc2OCCCCCCCC)c(OCCCCCCCCCCCCCCCCCC)cc1Br. The molecule has 0 saturated carbocycles. The Labute approximate surface area is 464 Å². The third-order valence-electron chi connectivity index (χ3n) is 14.6. The van der Waals surface area contributed by atoms with Crippen molar-refractivity contribution in [1.29, 1.82) is 0 Å². The second kappa shape index (κ2) is 50.2. The molecule has 0 N–H and O–H groups in total. The van der Waals surface area contributed by atoms with E-state index in [4.69, 9.17) is 18.9 Å². The molecule has 2 aromatic carbocycles. The van der Waals surface area contributed by atoms with Gasteiger partial charge in [0.2, 0.25) is 0 Å². The average Bonchev–Trinajstić information content (AvgIpc) is 3.38. The van der Waals surface area contributed by atoms with Crippen LogP contribution >= 0.6 is 31.9 Å². The van der Waals surface area contributed by atoms with E-state index >= 15 is 0 Å². The van der Waals surface area contributed by atoms with Crippen LogP contribution in [0.15, 0.2) is 33.2 Å². The normalized spacial score (nSPS) is 11.6. The molecule has 0 amide bonds. The van der Waals surface area contributed by atoms with Crippen LogP contribution in [0.1, 0.15) is 321 Å². The van der Waals surface area contributed by atoms with Gasteiger partial charge in [-0.1, -0.05) is 297 Å². The first-order valence-electron chi connectivity index (χ1n) is 31.4. The number of rotatable bonds is 54. The minimum absolute atomic E-state index is 0.709. The summed E-state index contributed by atoms with van der Waals surface area (Å²) in [6, 6.07) is 8.55. The topological polar surface area (TPSA) is 36.9 Å². The summed E-state index contributed by atoms with van der Waals surface area (Å²) in [6.45, 7) is 12.0. The van der Waals surface area contributed by atoms with E-state index in [0.29, 0.717) is 13.2 Å². The standard InChI is InChI=1S/C66H114Br2O4/c1-5-9-13-17-21-23-25-27-29-31-33-35-37-39-43-46-52-70-64-58-62(68)66(72-54-48-44-40-38-36-34-32-30-28-26-24-22-18-14-10-6-2)56-60(64)50-49-59-55-65(71-53-47-42-20-16-12-8-4)61(67)57-63(59)69-51-45-41-19-15-11-7-3/h49-50,55-58H,5-48,51-54H2,1-4H3/b50-49+. The lowest BCUT2D eigenvalue weighted by atomic mass is 10.0. The van der Waals surface area contributed by atoms with Gasteiger partial charge < -0.3 is 18.9 Å². The van der Waals surface area contributed by atoms with Crippen molar-refractivity contribution >= 4 is 44.0 Å². The van der Waals surface area contributed by atoms with Gasteiger partial charge in [-0.25, -0.2) is 0 Å². The van der Waals surface area contributed by atoms with Crippen molar-refractivity contribution in [3.05, 3.63) is 44.3 Å². The first-order chi connectivity index (χ1) is 35.5. The average molecular weight is 1130 g/mol.